The Morgan fingerprint density at radius 3 is 2.73 bits per heavy atom. The van der Waals surface area contributed by atoms with Crippen LogP contribution in [0.15, 0.2) is 0 Å². The molecular weight excluding hydrogens is 190 g/mol. The minimum atomic E-state index is -0.881. The van der Waals surface area contributed by atoms with Gasteiger partial charge >= 0.3 is 0 Å². The Bertz CT molecular complexity index is 330. The third-order valence-corrected chi connectivity index (χ3v) is 5.20. The van der Waals surface area contributed by atoms with Gasteiger partial charge in [-0.2, -0.15) is 0 Å². The average molecular weight is 209 g/mol. The van der Waals surface area contributed by atoms with E-state index in [0.29, 0.717) is 6.42 Å². The second-order valence-electron chi connectivity index (χ2n) is 6.01. The smallest absolute Gasteiger partial charge is 0.229 e. The van der Waals surface area contributed by atoms with E-state index in [1.54, 1.807) is 0 Å². The van der Waals surface area contributed by atoms with Crippen molar-refractivity contribution in [2.24, 2.45) is 10.8 Å². The number of hydrogen-bond acceptors (Lipinski definition) is 2. The number of rotatable bonds is 0. The lowest BCUT2D eigenvalue weighted by atomic mass is 9.51. The maximum atomic E-state index is 12.2. The summed E-state index contributed by atoms with van der Waals surface area (Å²) in [7, 11) is 0. The molecule has 84 valence electrons. The Balaban J connectivity index is 2.07. The molecule has 1 amide bonds. The first-order chi connectivity index (χ1) is 7.00. The number of carbonyl (C=O) groups excluding carboxylic acids is 1. The molecule has 3 unspecified atom stereocenters. The molecule has 0 aromatic heterocycles. The molecule has 0 radical (unpaired) electrons. The summed E-state index contributed by atoms with van der Waals surface area (Å²) in [6.45, 7) is 2.25. The van der Waals surface area contributed by atoms with Gasteiger partial charge in [0.2, 0.25) is 5.91 Å². The summed E-state index contributed by atoms with van der Waals surface area (Å²) < 4.78 is 0. The summed E-state index contributed by atoms with van der Waals surface area (Å²) >= 11 is 0. The van der Waals surface area contributed by atoms with Gasteiger partial charge in [-0.15, -0.1) is 0 Å². The van der Waals surface area contributed by atoms with Crippen molar-refractivity contribution in [3.8, 4) is 0 Å². The first-order valence-corrected chi connectivity index (χ1v) is 6.05. The third-order valence-electron chi connectivity index (χ3n) is 5.20. The van der Waals surface area contributed by atoms with Crippen LogP contribution in [0.5, 0.6) is 0 Å². The van der Waals surface area contributed by atoms with E-state index >= 15 is 0 Å². The van der Waals surface area contributed by atoms with E-state index in [4.69, 9.17) is 0 Å². The minimum Gasteiger partial charge on any atom is -0.371 e. The van der Waals surface area contributed by atoms with Crippen LogP contribution < -0.4 is 5.32 Å². The molecule has 1 spiro atoms. The molecule has 2 bridgehead atoms. The highest BCUT2D eigenvalue weighted by molar-refractivity contribution is 5.87. The molecule has 3 atom stereocenters. The first kappa shape index (κ1) is 9.64. The van der Waals surface area contributed by atoms with Crippen LogP contribution in [0, 0.1) is 10.8 Å². The maximum absolute atomic E-state index is 12.2. The second kappa shape index (κ2) is 2.57. The second-order valence-corrected chi connectivity index (χ2v) is 6.01. The zero-order valence-electron chi connectivity index (χ0n) is 9.31. The molecule has 3 nitrogen and oxygen atoms in total. The molecule has 3 aliphatic rings. The quantitative estimate of drug-likeness (QED) is 0.636. The van der Waals surface area contributed by atoms with Crippen LogP contribution >= 0.6 is 0 Å². The highest BCUT2D eigenvalue weighted by Crippen LogP contribution is 2.63. The summed E-state index contributed by atoms with van der Waals surface area (Å²) in [4.78, 5) is 12.2. The minimum absolute atomic E-state index is 0.115. The molecule has 3 rings (SSSR count). The van der Waals surface area contributed by atoms with Gasteiger partial charge in [-0.05, 0) is 31.1 Å². The average Bonchev–Trinajstić information content (AvgIpc) is 2.39. The van der Waals surface area contributed by atoms with Gasteiger partial charge in [0.1, 0.15) is 5.72 Å². The van der Waals surface area contributed by atoms with Crippen molar-refractivity contribution < 1.29 is 9.90 Å². The van der Waals surface area contributed by atoms with Crippen molar-refractivity contribution in [2.75, 3.05) is 0 Å². The van der Waals surface area contributed by atoms with Gasteiger partial charge in [0.25, 0.3) is 0 Å². The number of hydrogen-bond donors (Lipinski definition) is 2. The van der Waals surface area contributed by atoms with Crippen molar-refractivity contribution in [1.82, 2.24) is 5.32 Å². The van der Waals surface area contributed by atoms with Crippen LogP contribution in [0.4, 0.5) is 0 Å². The lowest BCUT2D eigenvalue weighted by Crippen LogP contribution is -2.49. The monoisotopic (exact) mass is 209 g/mol. The molecule has 2 N–H and O–H groups in total. The Morgan fingerprint density at radius 2 is 1.93 bits per heavy atom. The zero-order valence-corrected chi connectivity index (χ0v) is 9.31. The molecule has 1 aliphatic heterocycles. The van der Waals surface area contributed by atoms with Crippen LogP contribution in [0.2, 0.25) is 0 Å². The molecule has 3 fully saturated rings. The highest BCUT2D eigenvalue weighted by atomic mass is 16.3. The molecule has 0 aromatic rings. The van der Waals surface area contributed by atoms with Gasteiger partial charge in [0.05, 0.1) is 5.41 Å². The predicted octanol–water partition coefficient (Wildman–Crippen LogP) is 1.56. The number of nitrogens with one attached hydrogen (secondary N) is 1. The topological polar surface area (TPSA) is 49.3 Å². The largest absolute Gasteiger partial charge is 0.371 e. The van der Waals surface area contributed by atoms with Gasteiger partial charge in [-0.25, -0.2) is 0 Å². The lowest BCUT2D eigenvalue weighted by Gasteiger charge is -2.51. The summed E-state index contributed by atoms with van der Waals surface area (Å²) in [6.07, 6.45) is 6.87. The molecule has 1 saturated heterocycles. The van der Waals surface area contributed by atoms with E-state index in [1.165, 1.54) is 6.42 Å². The van der Waals surface area contributed by atoms with Gasteiger partial charge in [-0.3, -0.25) is 4.79 Å². The third kappa shape index (κ3) is 1.02. The highest BCUT2D eigenvalue weighted by Gasteiger charge is 2.65. The Labute approximate surface area is 90.2 Å². The summed E-state index contributed by atoms with van der Waals surface area (Å²) in [5.41, 5.74) is -0.996. The normalized spacial score (nSPS) is 53.6. The fourth-order valence-electron chi connectivity index (χ4n) is 4.12. The predicted molar refractivity (Wildman–Crippen MR) is 56.0 cm³/mol. The maximum Gasteiger partial charge on any atom is 0.229 e. The summed E-state index contributed by atoms with van der Waals surface area (Å²) in [5.74, 6) is 0.115. The van der Waals surface area contributed by atoms with Crippen molar-refractivity contribution in [2.45, 2.75) is 57.6 Å². The van der Waals surface area contributed by atoms with Gasteiger partial charge in [-0.1, -0.05) is 19.8 Å². The molecule has 1 heterocycles. The Kier molecular flexibility index (Phi) is 1.65. The van der Waals surface area contributed by atoms with Crippen molar-refractivity contribution in [3.63, 3.8) is 0 Å². The molecule has 2 saturated carbocycles. The van der Waals surface area contributed by atoms with Gasteiger partial charge in [0.15, 0.2) is 0 Å². The van der Waals surface area contributed by atoms with Crippen molar-refractivity contribution in [3.05, 3.63) is 0 Å². The van der Waals surface area contributed by atoms with Crippen molar-refractivity contribution in [1.29, 1.82) is 0 Å². The fourth-order valence-corrected chi connectivity index (χ4v) is 4.12. The van der Waals surface area contributed by atoms with Crippen LogP contribution in [0.25, 0.3) is 0 Å². The standard InChI is InChI=1S/C12H19NO2/c1-10-4-2-3-5-11(10)8-12(15,7-6-10)13-9(11)14/h15H,2-8H2,1H3,(H,13,14). The van der Waals surface area contributed by atoms with Gasteiger partial charge < -0.3 is 10.4 Å². The number of amides is 1. The Morgan fingerprint density at radius 1 is 1.20 bits per heavy atom. The lowest BCUT2D eigenvalue weighted by molar-refractivity contribution is -0.140. The zero-order chi connectivity index (χ0) is 10.7. The van der Waals surface area contributed by atoms with E-state index in [2.05, 4.69) is 12.2 Å². The van der Waals surface area contributed by atoms with E-state index in [-0.39, 0.29) is 16.7 Å². The first-order valence-electron chi connectivity index (χ1n) is 6.05. The van der Waals surface area contributed by atoms with Crippen LogP contribution in [-0.4, -0.2) is 16.7 Å². The van der Waals surface area contributed by atoms with E-state index < -0.39 is 5.72 Å². The number of aliphatic hydroxyl groups is 1. The Hall–Kier alpha value is -0.570. The van der Waals surface area contributed by atoms with Crippen LogP contribution in [0.1, 0.15) is 51.9 Å². The molecule has 15 heavy (non-hydrogen) atoms. The number of fused-ring (bicyclic) bond motifs is 1. The molecule has 0 aromatic carbocycles. The summed E-state index contributed by atoms with van der Waals surface area (Å²) in [6, 6.07) is 0. The SMILES string of the molecule is CC12CCCCC13CC(O)(CC2)NC3=O. The van der Waals surface area contributed by atoms with Crippen LogP contribution in [-0.2, 0) is 4.79 Å². The van der Waals surface area contributed by atoms with Gasteiger partial charge in [0, 0.05) is 6.42 Å². The fraction of sp³-hybridized carbons (Fsp3) is 0.917. The molecule has 3 heteroatoms. The molecule has 2 aliphatic carbocycles. The van der Waals surface area contributed by atoms with E-state index in [1.807, 2.05) is 0 Å². The van der Waals surface area contributed by atoms with E-state index in [0.717, 1.165) is 32.1 Å². The number of carbonyl (C=O) groups is 1. The molecular formula is C12H19NO2. The van der Waals surface area contributed by atoms with E-state index in [9.17, 15) is 9.90 Å². The summed E-state index contributed by atoms with van der Waals surface area (Å²) in [5, 5.41) is 13.0. The van der Waals surface area contributed by atoms with Crippen LogP contribution in [0.3, 0.4) is 0 Å². The van der Waals surface area contributed by atoms with Crippen molar-refractivity contribution >= 4 is 5.91 Å².